The van der Waals surface area contributed by atoms with Gasteiger partial charge in [-0.25, -0.2) is 0 Å². The molecule has 444 valence electrons. The van der Waals surface area contributed by atoms with Crippen molar-refractivity contribution in [3.8, 4) is 0 Å². The molecule has 6 fully saturated rings. The topological polar surface area (TPSA) is 598 Å². The van der Waals surface area contributed by atoms with Crippen molar-refractivity contribution in [2.45, 2.75) is 215 Å². The first-order valence-corrected chi connectivity index (χ1v) is 24.6. The van der Waals surface area contributed by atoms with Crippen LogP contribution in [0.4, 0.5) is 0 Å². The number of carbonyl (C=O) groups excluding carboxylic acids is 1. The van der Waals surface area contributed by atoms with Crippen molar-refractivity contribution < 1.29 is 139 Å². The van der Waals surface area contributed by atoms with Crippen LogP contribution in [0.2, 0.25) is 0 Å². The van der Waals surface area contributed by atoms with Crippen molar-refractivity contribution in [2.75, 3.05) is 39.6 Å². The summed E-state index contributed by atoms with van der Waals surface area (Å²) in [5.74, 6) is -1.38. The van der Waals surface area contributed by atoms with E-state index < -0.39 is 241 Å². The second kappa shape index (κ2) is 26.4. The Morgan fingerprint density at radius 2 is 0.829 bits per heavy atom. The summed E-state index contributed by atoms with van der Waals surface area (Å²) in [7, 11) is 0. The number of hydrogen-bond acceptors (Lipinski definition) is 34. The molecule has 0 radical (unpaired) electrons. The SMILES string of the molecule is CCCC(OC(=O)C[C@]1(CO)O[C@H](OC2[C@@H](CO)O[C@@H](OC3[C@@H](CO)O[C@@H](O)[C@H](N)[C@H]3O)[C@H](N)[C@H]2O)[C@H](N)[C@@H](O)[C@@H]1O)[C@]1(CO)O[C@H](OC2[C@@H](CO)O[C@@H](OC3[C@@H](CO)O[C@@H](O)[C@H](N)[C@H]3O)[C@H](N)[C@H]2O)[C@H](N)[C@@H](O)[C@@H]1O. The third-order valence-corrected chi connectivity index (χ3v) is 14.9. The maximum Gasteiger partial charge on any atom is 0.309 e. The lowest BCUT2D eigenvalue weighted by molar-refractivity contribution is -0.370. The first-order valence-electron chi connectivity index (χ1n) is 24.6. The predicted octanol–water partition coefficient (Wildman–Crippen LogP) is -14.5. The Morgan fingerprint density at radius 1 is 0.474 bits per heavy atom. The van der Waals surface area contributed by atoms with Gasteiger partial charge in [-0.3, -0.25) is 4.79 Å². The number of rotatable bonds is 20. The molecule has 6 aliphatic heterocycles. The fourth-order valence-corrected chi connectivity index (χ4v) is 10.2. The van der Waals surface area contributed by atoms with Crippen molar-refractivity contribution in [1.82, 2.24) is 0 Å². The monoisotopic (exact) mass is 1110 g/mol. The van der Waals surface area contributed by atoms with Gasteiger partial charge in [0.1, 0.15) is 109 Å². The van der Waals surface area contributed by atoms with Gasteiger partial charge < -0.3 is 168 Å². The molecule has 0 aromatic carbocycles. The molecular weight excluding hydrogens is 1040 g/mol. The molecule has 34 nitrogen and oxygen atoms in total. The van der Waals surface area contributed by atoms with Gasteiger partial charge in [-0.1, -0.05) is 13.3 Å². The summed E-state index contributed by atoms with van der Waals surface area (Å²) in [5, 5.41) is 172. The summed E-state index contributed by atoms with van der Waals surface area (Å²) in [6.07, 6.45) is -41.7. The van der Waals surface area contributed by atoms with E-state index in [-0.39, 0.29) is 12.8 Å². The Balaban J connectivity index is 1.17. The number of nitrogens with two attached hydrogens (primary N) is 6. The maximum atomic E-state index is 14.1. The summed E-state index contributed by atoms with van der Waals surface area (Å²) < 4.78 is 63.2. The predicted molar refractivity (Wildman–Crippen MR) is 242 cm³/mol. The first kappa shape index (κ1) is 63.4. The van der Waals surface area contributed by atoms with Crippen LogP contribution in [0.5, 0.6) is 0 Å². The van der Waals surface area contributed by atoms with Gasteiger partial charge in [0.15, 0.2) is 43.3 Å². The Kier molecular flexibility index (Phi) is 22.0. The molecule has 76 heavy (non-hydrogen) atoms. The molecule has 6 saturated heterocycles. The minimum atomic E-state index is -2.58. The zero-order valence-corrected chi connectivity index (χ0v) is 41.1. The largest absolute Gasteiger partial charge is 0.459 e. The van der Waals surface area contributed by atoms with Crippen LogP contribution in [0.3, 0.4) is 0 Å². The molecule has 28 N–H and O–H groups in total. The van der Waals surface area contributed by atoms with Gasteiger partial charge in [-0.15, -0.1) is 0 Å². The number of hydrogen-bond donors (Lipinski definition) is 22. The molecule has 0 saturated carbocycles. The fourth-order valence-electron chi connectivity index (χ4n) is 10.2. The fraction of sp³-hybridized carbons (Fsp3) is 0.976. The Hall–Kier alpha value is -1.81. The van der Waals surface area contributed by atoms with Crippen molar-refractivity contribution in [3.63, 3.8) is 0 Å². The van der Waals surface area contributed by atoms with Crippen molar-refractivity contribution in [2.24, 2.45) is 34.4 Å². The number of aliphatic hydroxyl groups excluding tert-OH is 16. The molecule has 6 rings (SSSR count). The van der Waals surface area contributed by atoms with Crippen molar-refractivity contribution >= 4 is 5.97 Å². The van der Waals surface area contributed by atoms with Crippen LogP contribution in [-0.4, -0.2) is 316 Å². The van der Waals surface area contributed by atoms with E-state index in [1.807, 2.05) is 0 Å². The molecule has 0 aliphatic carbocycles. The lowest BCUT2D eigenvalue weighted by atomic mass is 9.80. The van der Waals surface area contributed by atoms with Crippen LogP contribution < -0.4 is 34.4 Å². The maximum absolute atomic E-state index is 14.1. The number of aliphatic hydroxyl groups is 16. The van der Waals surface area contributed by atoms with Gasteiger partial charge in [0, 0.05) is 0 Å². The van der Waals surface area contributed by atoms with E-state index in [1.54, 1.807) is 6.92 Å². The summed E-state index contributed by atoms with van der Waals surface area (Å²) in [4.78, 5) is 14.1. The van der Waals surface area contributed by atoms with Crippen LogP contribution in [0.1, 0.15) is 26.2 Å². The van der Waals surface area contributed by atoms with E-state index in [2.05, 4.69) is 0 Å². The summed E-state index contributed by atoms with van der Waals surface area (Å²) in [6, 6.07) is -9.48. The molecule has 0 amide bonds. The minimum absolute atomic E-state index is 0.108. The average Bonchev–Trinajstić information content (AvgIpc) is 3.40. The first-order chi connectivity index (χ1) is 35.8. The van der Waals surface area contributed by atoms with E-state index in [4.69, 9.17) is 86.5 Å². The Labute approximate surface area is 433 Å². The average molecular weight is 1120 g/mol. The molecular formula is C42H78N6O28. The minimum Gasteiger partial charge on any atom is -0.459 e. The normalized spacial score (nSPS) is 50.8. The van der Waals surface area contributed by atoms with Crippen molar-refractivity contribution in [1.29, 1.82) is 0 Å². The molecule has 6 heterocycles. The van der Waals surface area contributed by atoms with Gasteiger partial charge in [-0.2, -0.15) is 0 Å². The van der Waals surface area contributed by atoms with Gasteiger partial charge >= 0.3 is 5.97 Å². The highest BCUT2D eigenvalue weighted by molar-refractivity contribution is 5.71. The Bertz CT molecular complexity index is 1830. The molecule has 0 spiro atoms. The molecule has 6 aliphatic rings. The number of carbonyl (C=O) groups is 1. The molecule has 0 aromatic heterocycles. The van der Waals surface area contributed by atoms with E-state index in [1.165, 1.54) is 0 Å². The molecule has 0 aromatic rings. The van der Waals surface area contributed by atoms with E-state index in [0.717, 1.165) is 0 Å². The van der Waals surface area contributed by atoms with E-state index in [0.29, 0.717) is 0 Å². The van der Waals surface area contributed by atoms with Crippen LogP contribution in [0.25, 0.3) is 0 Å². The molecule has 34 heteroatoms. The highest BCUT2D eigenvalue weighted by Gasteiger charge is 2.62. The van der Waals surface area contributed by atoms with Crippen molar-refractivity contribution in [3.05, 3.63) is 0 Å². The lowest BCUT2D eigenvalue weighted by Gasteiger charge is -2.53. The van der Waals surface area contributed by atoms with Gasteiger partial charge in [0.2, 0.25) is 0 Å². The summed E-state index contributed by atoms with van der Waals surface area (Å²) >= 11 is 0. The molecule has 0 bridgehead atoms. The van der Waals surface area contributed by atoms with Crippen LogP contribution in [-0.2, 0) is 56.9 Å². The van der Waals surface area contributed by atoms with Gasteiger partial charge in [0.05, 0.1) is 82.3 Å². The Morgan fingerprint density at radius 3 is 1.21 bits per heavy atom. The zero-order valence-electron chi connectivity index (χ0n) is 41.1. The van der Waals surface area contributed by atoms with Gasteiger partial charge in [-0.05, 0) is 6.42 Å². The van der Waals surface area contributed by atoms with Crippen LogP contribution >= 0.6 is 0 Å². The zero-order chi connectivity index (χ0) is 56.5. The highest BCUT2D eigenvalue weighted by Crippen LogP contribution is 2.41. The lowest BCUT2D eigenvalue weighted by Crippen LogP contribution is -2.74. The number of esters is 1. The molecule has 31 atom stereocenters. The van der Waals surface area contributed by atoms with Gasteiger partial charge in [0.25, 0.3) is 0 Å². The highest BCUT2D eigenvalue weighted by atomic mass is 16.8. The third kappa shape index (κ3) is 12.3. The van der Waals surface area contributed by atoms with Crippen LogP contribution in [0.15, 0.2) is 0 Å². The van der Waals surface area contributed by atoms with Crippen LogP contribution in [0, 0.1) is 0 Å². The second-order valence-electron chi connectivity index (χ2n) is 19.9. The number of ether oxygens (including phenoxy) is 11. The van der Waals surface area contributed by atoms with E-state index in [9.17, 15) is 86.5 Å². The standard InChI is InChI=1S/C42H78N6O28/c1-2-3-15(42(10-54)34(63)28(61)22(48)40(76-42)74-32-14(8-52)69-38(20(46)26(32)59)72-30-12(6-50)67-36(65)18(44)24(30)57)70-16(55)4-41(9-53)33(62)27(60)21(47)39(75-41)73-31-13(7-51)68-37(19(45)25(31)58)71-29-11(5-49)66-35(64)17(43)23(29)56/h11-15,17-40,49-54,56-65H,2-10,43-48H2,1H3/t11-,12-,13-,14-,15?,17-,18-,19-,20-,21-,22-,23-,24-,25-,26-,27-,28-,29?,30?,31?,32?,33+,34+,35-,36-,37+,38+,39+,40+,41-,42+/m1/s1. The summed E-state index contributed by atoms with van der Waals surface area (Å²) in [6.45, 7) is -4.38. The summed E-state index contributed by atoms with van der Waals surface area (Å²) in [5.41, 5.74) is 31.5. The third-order valence-electron chi connectivity index (χ3n) is 14.9. The van der Waals surface area contributed by atoms with E-state index >= 15 is 0 Å². The second-order valence-corrected chi connectivity index (χ2v) is 19.9. The quantitative estimate of drug-likeness (QED) is 0.0503. The smallest absolute Gasteiger partial charge is 0.309 e. The molecule has 5 unspecified atom stereocenters.